The maximum Gasteiger partial charge on any atom is 0.127 e. The van der Waals surface area contributed by atoms with Crippen molar-refractivity contribution in [2.45, 2.75) is 13.5 Å². The second kappa shape index (κ2) is 5.26. The fourth-order valence-corrected chi connectivity index (χ4v) is 1.13. The van der Waals surface area contributed by atoms with Gasteiger partial charge >= 0.3 is 0 Å². The lowest BCUT2D eigenvalue weighted by atomic mass is 10.4. The van der Waals surface area contributed by atoms with E-state index in [9.17, 15) is 0 Å². The fraction of sp³-hybridized carbons (Fsp3) is 0.273. The Morgan fingerprint density at radius 1 is 1.67 bits per heavy atom. The van der Waals surface area contributed by atoms with Gasteiger partial charge in [-0.2, -0.15) is 0 Å². The van der Waals surface area contributed by atoms with Crippen molar-refractivity contribution >= 4 is 11.9 Å². The lowest BCUT2D eigenvalue weighted by Gasteiger charge is -2.05. The number of aromatic nitrogens is 2. The molecule has 0 aliphatic heterocycles. The molecule has 80 valence electrons. The molecule has 1 heterocycles. The summed E-state index contributed by atoms with van der Waals surface area (Å²) in [4.78, 5) is 8.30. The maximum atomic E-state index is 4.21. The van der Waals surface area contributed by atoms with Gasteiger partial charge in [-0.15, -0.1) is 0 Å². The highest BCUT2D eigenvalue weighted by Crippen LogP contribution is 2.05. The minimum absolute atomic E-state index is 0.701. The number of hydrogen-bond donors (Lipinski definition) is 1. The molecule has 0 saturated carbocycles. The number of rotatable bonds is 5. The summed E-state index contributed by atoms with van der Waals surface area (Å²) >= 11 is 0. The van der Waals surface area contributed by atoms with Crippen LogP contribution in [0, 0.1) is 0 Å². The molecule has 4 heteroatoms. The van der Waals surface area contributed by atoms with Crippen LogP contribution in [-0.4, -0.2) is 22.8 Å². The molecule has 0 aliphatic carbocycles. The van der Waals surface area contributed by atoms with Crippen molar-refractivity contribution in [3.8, 4) is 0 Å². The number of hydrogen-bond acceptors (Lipinski definition) is 3. The molecule has 0 bridgehead atoms. The lowest BCUT2D eigenvalue weighted by Crippen LogP contribution is -2.11. The van der Waals surface area contributed by atoms with E-state index >= 15 is 0 Å². The quantitative estimate of drug-likeness (QED) is 0.741. The monoisotopic (exact) mass is 204 g/mol. The summed E-state index contributed by atoms with van der Waals surface area (Å²) in [6, 6.07) is 0. The van der Waals surface area contributed by atoms with Gasteiger partial charge in [-0.1, -0.05) is 13.2 Å². The standard InChI is InChI=1S/C11H16N4/c1-9(2)14-7-10(3)15-6-5-13-11(15)8-12-4/h5-7,12H,1,3,8H2,2,4H3. The minimum Gasteiger partial charge on any atom is -0.313 e. The van der Waals surface area contributed by atoms with Crippen LogP contribution < -0.4 is 5.32 Å². The van der Waals surface area contributed by atoms with Crippen LogP contribution in [0.1, 0.15) is 12.7 Å². The average molecular weight is 204 g/mol. The fourth-order valence-electron chi connectivity index (χ4n) is 1.13. The van der Waals surface area contributed by atoms with E-state index in [0.717, 1.165) is 17.2 Å². The van der Waals surface area contributed by atoms with Crippen molar-refractivity contribution < 1.29 is 0 Å². The first kappa shape index (κ1) is 11.4. The molecule has 0 amide bonds. The van der Waals surface area contributed by atoms with Gasteiger partial charge in [0.15, 0.2) is 0 Å². The topological polar surface area (TPSA) is 42.2 Å². The van der Waals surface area contributed by atoms with Gasteiger partial charge in [0.1, 0.15) is 5.82 Å². The number of nitrogens with zero attached hydrogens (tertiary/aromatic N) is 3. The van der Waals surface area contributed by atoms with Crippen molar-refractivity contribution in [1.29, 1.82) is 0 Å². The predicted molar refractivity (Wildman–Crippen MR) is 63.6 cm³/mol. The molecule has 0 radical (unpaired) electrons. The molecule has 0 aliphatic rings. The van der Waals surface area contributed by atoms with Crippen molar-refractivity contribution in [1.82, 2.24) is 14.9 Å². The smallest absolute Gasteiger partial charge is 0.127 e. The maximum absolute atomic E-state index is 4.21. The zero-order valence-electron chi connectivity index (χ0n) is 9.20. The molecule has 1 rings (SSSR count). The third-order valence-corrected chi connectivity index (χ3v) is 1.80. The summed E-state index contributed by atoms with van der Waals surface area (Å²) in [6.45, 7) is 10.1. The molecule has 0 fully saturated rings. The molecule has 0 spiro atoms. The first-order valence-corrected chi connectivity index (χ1v) is 4.71. The molecule has 1 N–H and O–H groups in total. The summed E-state index contributed by atoms with van der Waals surface area (Å²) in [6.07, 6.45) is 5.29. The molecule has 0 aromatic carbocycles. The number of aliphatic imine (C=N–C) groups is 1. The highest BCUT2D eigenvalue weighted by atomic mass is 15.1. The molecule has 1 aromatic heterocycles. The van der Waals surface area contributed by atoms with Gasteiger partial charge in [0.25, 0.3) is 0 Å². The molecule has 0 atom stereocenters. The van der Waals surface area contributed by atoms with E-state index in [1.54, 1.807) is 12.4 Å². The van der Waals surface area contributed by atoms with Crippen LogP contribution in [0.15, 0.2) is 36.2 Å². The van der Waals surface area contributed by atoms with Gasteiger partial charge in [-0.25, -0.2) is 4.98 Å². The van der Waals surface area contributed by atoms with Crippen LogP contribution in [0.4, 0.5) is 0 Å². The summed E-state index contributed by atoms with van der Waals surface area (Å²) < 4.78 is 1.89. The van der Waals surface area contributed by atoms with Crippen LogP contribution >= 0.6 is 0 Å². The number of nitrogens with one attached hydrogen (secondary N) is 1. The molecule has 0 unspecified atom stereocenters. The zero-order valence-corrected chi connectivity index (χ0v) is 9.20. The molecule has 4 nitrogen and oxygen atoms in total. The number of allylic oxidation sites excluding steroid dienone is 2. The highest BCUT2D eigenvalue weighted by Gasteiger charge is 2.02. The summed E-state index contributed by atoms with van der Waals surface area (Å²) in [7, 11) is 1.88. The Hall–Kier alpha value is -1.68. The summed E-state index contributed by atoms with van der Waals surface area (Å²) in [5.74, 6) is 0.913. The van der Waals surface area contributed by atoms with Crippen LogP contribution in [0.2, 0.25) is 0 Å². The third kappa shape index (κ3) is 3.18. The van der Waals surface area contributed by atoms with Crippen molar-refractivity contribution in [2.24, 2.45) is 4.99 Å². The van der Waals surface area contributed by atoms with Crippen LogP contribution in [0.5, 0.6) is 0 Å². The van der Waals surface area contributed by atoms with E-state index in [2.05, 4.69) is 28.5 Å². The second-order valence-electron chi connectivity index (χ2n) is 3.23. The van der Waals surface area contributed by atoms with Crippen LogP contribution in [0.25, 0.3) is 5.70 Å². The van der Waals surface area contributed by atoms with E-state index in [0.29, 0.717) is 6.54 Å². The van der Waals surface area contributed by atoms with Crippen LogP contribution in [-0.2, 0) is 6.54 Å². The Bertz CT molecular complexity index is 387. The lowest BCUT2D eigenvalue weighted by molar-refractivity contribution is 0.749. The van der Waals surface area contributed by atoms with E-state index in [4.69, 9.17) is 0 Å². The van der Waals surface area contributed by atoms with E-state index in [1.807, 2.05) is 24.7 Å². The molecular weight excluding hydrogens is 188 g/mol. The summed E-state index contributed by atoms with van der Waals surface area (Å²) in [5, 5.41) is 3.04. The van der Waals surface area contributed by atoms with E-state index in [1.165, 1.54) is 0 Å². The van der Waals surface area contributed by atoms with Crippen molar-refractivity contribution in [3.63, 3.8) is 0 Å². The first-order valence-electron chi connectivity index (χ1n) is 4.71. The summed E-state index contributed by atoms with van der Waals surface area (Å²) in [5.41, 5.74) is 1.53. The Morgan fingerprint density at radius 2 is 2.40 bits per heavy atom. The SMILES string of the molecule is C=C(C)N=CC(=C)n1ccnc1CNC. The Labute approximate surface area is 90.1 Å². The first-order chi connectivity index (χ1) is 7.15. The minimum atomic E-state index is 0.701. The van der Waals surface area contributed by atoms with E-state index in [-0.39, 0.29) is 0 Å². The Morgan fingerprint density at radius 3 is 3.00 bits per heavy atom. The normalized spacial score (nSPS) is 10.8. The third-order valence-electron chi connectivity index (χ3n) is 1.80. The van der Waals surface area contributed by atoms with Crippen LogP contribution in [0.3, 0.4) is 0 Å². The molecular formula is C11H16N4. The predicted octanol–water partition coefficient (Wildman–Crippen LogP) is 1.68. The number of imidazole rings is 1. The second-order valence-corrected chi connectivity index (χ2v) is 3.23. The average Bonchev–Trinajstić information content (AvgIpc) is 2.63. The van der Waals surface area contributed by atoms with Gasteiger partial charge in [-0.3, -0.25) is 4.99 Å². The van der Waals surface area contributed by atoms with Crippen molar-refractivity contribution in [2.75, 3.05) is 7.05 Å². The van der Waals surface area contributed by atoms with Gasteiger partial charge in [0, 0.05) is 18.1 Å². The van der Waals surface area contributed by atoms with Crippen molar-refractivity contribution in [3.05, 3.63) is 37.1 Å². The largest absolute Gasteiger partial charge is 0.313 e. The highest BCUT2D eigenvalue weighted by molar-refractivity contribution is 6.01. The zero-order chi connectivity index (χ0) is 11.3. The molecule has 0 saturated heterocycles. The van der Waals surface area contributed by atoms with Gasteiger partial charge < -0.3 is 9.88 Å². The van der Waals surface area contributed by atoms with Gasteiger partial charge in [0.05, 0.1) is 18.5 Å². The molecule has 15 heavy (non-hydrogen) atoms. The van der Waals surface area contributed by atoms with Gasteiger partial charge in [0.2, 0.25) is 0 Å². The van der Waals surface area contributed by atoms with E-state index < -0.39 is 0 Å². The molecule has 1 aromatic rings. The van der Waals surface area contributed by atoms with Gasteiger partial charge in [-0.05, 0) is 14.0 Å². The Kier molecular flexibility index (Phi) is 4.00. The Balaban J connectivity index is 2.81.